The van der Waals surface area contributed by atoms with Crippen molar-refractivity contribution < 1.29 is 14.7 Å². The standard InChI is InChI=1S/C15H27N3O3/c1-17(2)10-4-5-15(21)18(3)11-14(20)16-12-6-8-13(19)9-7-12/h4-5,12-13,19H,6-11H2,1-3H3,(H,16,20)/b5-4+. The highest BCUT2D eigenvalue weighted by molar-refractivity contribution is 5.91. The lowest BCUT2D eigenvalue weighted by Crippen LogP contribution is -2.44. The second-order valence-corrected chi connectivity index (χ2v) is 5.93. The van der Waals surface area contributed by atoms with Gasteiger partial charge in [-0.3, -0.25) is 9.59 Å². The molecule has 1 saturated carbocycles. The van der Waals surface area contributed by atoms with Gasteiger partial charge in [0.2, 0.25) is 11.8 Å². The number of carbonyl (C=O) groups excluding carboxylic acids is 2. The van der Waals surface area contributed by atoms with Crippen molar-refractivity contribution in [1.29, 1.82) is 0 Å². The van der Waals surface area contributed by atoms with Crippen molar-refractivity contribution >= 4 is 11.8 Å². The maximum atomic E-state index is 11.9. The fourth-order valence-corrected chi connectivity index (χ4v) is 2.28. The number of rotatable bonds is 6. The minimum atomic E-state index is -0.232. The second-order valence-electron chi connectivity index (χ2n) is 5.93. The van der Waals surface area contributed by atoms with Gasteiger partial charge in [-0.2, -0.15) is 0 Å². The number of nitrogens with one attached hydrogen (secondary N) is 1. The minimum absolute atomic E-state index is 0.0597. The van der Waals surface area contributed by atoms with Gasteiger partial charge < -0.3 is 20.2 Å². The fraction of sp³-hybridized carbons (Fsp3) is 0.733. The minimum Gasteiger partial charge on any atom is -0.393 e. The van der Waals surface area contributed by atoms with Crippen LogP contribution < -0.4 is 5.32 Å². The Morgan fingerprint density at radius 1 is 1.19 bits per heavy atom. The van der Waals surface area contributed by atoms with Crippen molar-refractivity contribution in [3.05, 3.63) is 12.2 Å². The number of aliphatic hydroxyl groups excluding tert-OH is 1. The van der Waals surface area contributed by atoms with Gasteiger partial charge in [0.25, 0.3) is 0 Å². The van der Waals surface area contributed by atoms with Crippen LogP contribution in [-0.4, -0.2) is 73.1 Å². The molecule has 1 aliphatic rings. The predicted molar refractivity (Wildman–Crippen MR) is 81.7 cm³/mol. The third-order valence-corrected chi connectivity index (χ3v) is 3.55. The van der Waals surface area contributed by atoms with E-state index in [1.165, 1.54) is 11.0 Å². The van der Waals surface area contributed by atoms with Gasteiger partial charge in [-0.25, -0.2) is 0 Å². The molecule has 6 heteroatoms. The average molecular weight is 297 g/mol. The quantitative estimate of drug-likeness (QED) is 0.676. The molecule has 0 aromatic heterocycles. The molecule has 0 spiro atoms. The van der Waals surface area contributed by atoms with E-state index in [2.05, 4.69) is 5.32 Å². The Morgan fingerprint density at radius 3 is 2.38 bits per heavy atom. The van der Waals surface area contributed by atoms with Crippen LogP contribution in [0, 0.1) is 0 Å². The molecule has 0 aliphatic heterocycles. The van der Waals surface area contributed by atoms with Crippen LogP contribution in [0.25, 0.3) is 0 Å². The number of likely N-dealkylation sites (N-methyl/N-ethyl adjacent to an activating group) is 2. The molecule has 2 N–H and O–H groups in total. The Balaban J connectivity index is 2.29. The largest absolute Gasteiger partial charge is 0.393 e. The number of aliphatic hydroxyl groups is 1. The Bertz CT molecular complexity index is 374. The summed E-state index contributed by atoms with van der Waals surface area (Å²) in [5.74, 6) is -0.320. The molecule has 0 bridgehead atoms. The van der Waals surface area contributed by atoms with Crippen LogP contribution in [-0.2, 0) is 9.59 Å². The van der Waals surface area contributed by atoms with E-state index in [1.807, 2.05) is 19.0 Å². The zero-order valence-corrected chi connectivity index (χ0v) is 13.2. The van der Waals surface area contributed by atoms with Crippen LogP contribution in [0.15, 0.2) is 12.2 Å². The summed E-state index contributed by atoms with van der Waals surface area (Å²) in [7, 11) is 5.46. The van der Waals surface area contributed by atoms with Crippen molar-refractivity contribution in [2.45, 2.75) is 37.8 Å². The van der Waals surface area contributed by atoms with Crippen LogP contribution in [0.1, 0.15) is 25.7 Å². The zero-order chi connectivity index (χ0) is 15.8. The van der Waals surface area contributed by atoms with Crippen molar-refractivity contribution in [3.8, 4) is 0 Å². The van der Waals surface area contributed by atoms with Crippen molar-refractivity contribution in [2.24, 2.45) is 0 Å². The molecule has 1 aliphatic carbocycles. The SMILES string of the molecule is CN(C)C/C=C/C(=O)N(C)CC(=O)NC1CCC(O)CC1. The van der Waals surface area contributed by atoms with Gasteiger partial charge in [-0.1, -0.05) is 6.08 Å². The van der Waals surface area contributed by atoms with Crippen molar-refractivity contribution in [1.82, 2.24) is 15.1 Å². The topological polar surface area (TPSA) is 72.9 Å². The van der Waals surface area contributed by atoms with Crippen LogP contribution in [0.2, 0.25) is 0 Å². The van der Waals surface area contributed by atoms with E-state index in [0.717, 1.165) is 25.7 Å². The summed E-state index contributed by atoms with van der Waals surface area (Å²) in [5.41, 5.74) is 0. The fourth-order valence-electron chi connectivity index (χ4n) is 2.28. The zero-order valence-electron chi connectivity index (χ0n) is 13.2. The van der Waals surface area contributed by atoms with Crippen molar-refractivity contribution in [2.75, 3.05) is 34.2 Å². The first-order chi connectivity index (χ1) is 9.88. The Labute approximate surface area is 126 Å². The second kappa shape index (κ2) is 8.79. The maximum absolute atomic E-state index is 11.9. The van der Waals surface area contributed by atoms with Gasteiger partial charge in [0, 0.05) is 25.7 Å². The highest BCUT2D eigenvalue weighted by Crippen LogP contribution is 2.18. The van der Waals surface area contributed by atoms with Crippen LogP contribution >= 0.6 is 0 Å². The molecule has 0 radical (unpaired) electrons. The number of amides is 2. The molecule has 6 nitrogen and oxygen atoms in total. The molecule has 0 heterocycles. The number of hydrogen-bond acceptors (Lipinski definition) is 4. The van der Waals surface area contributed by atoms with Gasteiger partial charge in [-0.15, -0.1) is 0 Å². The Kier molecular flexibility index (Phi) is 7.39. The lowest BCUT2D eigenvalue weighted by atomic mass is 9.93. The summed E-state index contributed by atoms with van der Waals surface area (Å²) < 4.78 is 0. The summed E-state index contributed by atoms with van der Waals surface area (Å²) in [6.07, 6.45) is 6.09. The van der Waals surface area contributed by atoms with E-state index in [1.54, 1.807) is 13.1 Å². The van der Waals surface area contributed by atoms with Crippen molar-refractivity contribution in [3.63, 3.8) is 0 Å². The summed E-state index contributed by atoms with van der Waals surface area (Å²) >= 11 is 0. The molecular weight excluding hydrogens is 270 g/mol. The first-order valence-electron chi connectivity index (χ1n) is 7.42. The molecule has 120 valence electrons. The molecular formula is C15H27N3O3. The summed E-state index contributed by atoms with van der Waals surface area (Å²) in [6.45, 7) is 0.750. The summed E-state index contributed by atoms with van der Waals surface area (Å²) in [4.78, 5) is 27.0. The van der Waals surface area contributed by atoms with E-state index in [9.17, 15) is 14.7 Å². The van der Waals surface area contributed by atoms with Gasteiger partial charge in [0.15, 0.2) is 0 Å². The van der Waals surface area contributed by atoms with E-state index >= 15 is 0 Å². The summed E-state index contributed by atoms with van der Waals surface area (Å²) in [6, 6.07) is 0.119. The predicted octanol–water partition coefficient (Wildman–Crippen LogP) is -0.0177. The van der Waals surface area contributed by atoms with Gasteiger partial charge in [0.1, 0.15) is 0 Å². The van der Waals surface area contributed by atoms with Gasteiger partial charge in [-0.05, 0) is 39.8 Å². The highest BCUT2D eigenvalue weighted by atomic mass is 16.3. The molecule has 1 rings (SSSR count). The third kappa shape index (κ3) is 7.24. The van der Waals surface area contributed by atoms with E-state index in [0.29, 0.717) is 6.54 Å². The lowest BCUT2D eigenvalue weighted by Gasteiger charge is -2.27. The third-order valence-electron chi connectivity index (χ3n) is 3.55. The smallest absolute Gasteiger partial charge is 0.246 e. The summed E-state index contributed by atoms with van der Waals surface area (Å²) in [5, 5.41) is 12.3. The molecule has 0 aromatic rings. The Morgan fingerprint density at radius 2 is 1.81 bits per heavy atom. The maximum Gasteiger partial charge on any atom is 0.246 e. The molecule has 0 aromatic carbocycles. The van der Waals surface area contributed by atoms with Crippen LogP contribution in [0.3, 0.4) is 0 Å². The molecule has 0 unspecified atom stereocenters. The van der Waals surface area contributed by atoms with Gasteiger partial charge >= 0.3 is 0 Å². The molecule has 0 saturated heterocycles. The van der Waals surface area contributed by atoms with E-state index in [4.69, 9.17) is 0 Å². The molecule has 21 heavy (non-hydrogen) atoms. The first-order valence-corrected chi connectivity index (χ1v) is 7.42. The average Bonchev–Trinajstić information content (AvgIpc) is 2.40. The van der Waals surface area contributed by atoms with Crippen LogP contribution in [0.4, 0.5) is 0 Å². The molecule has 0 atom stereocenters. The normalized spacial score (nSPS) is 22.5. The number of carbonyl (C=O) groups is 2. The number of nitrogens with zero attached hydrogens (tertiary/aromatic N) is 2. The highest BCUT2D eigenvalue weighted by Gasteiger charge is 2.21. The molecule has 1 fully saturated rings. The van der Waals surface area contributed by atoms with Crippen LogP contribution in [0.5, 0.6) is 0 Å². The van der Waals surface area contributed by atoms with E-state index < -0.39 is 0 Å². The number of hydrogen-bond donors (Lipinski definition) is 2. The Hall–Kier alpha value is -1.40. The monoisotopic (exact) mass is 297 g/mol. The van der Waals surface area contributed by atoms with E-state index in [-0.39, 0.29) is 30.5 Å². The van der Waals surface area contributed by atoms with Gasteiger partial charge in [0.05, 0.1) is 12.6 Å². The first kappa shape index (κ1) is 17.7. The molecule has 2 amide bonds. The lowest BCUT2D eigenvalue weighted by molar-refractivity contribution is -0.131.